The molecule has 0 radical (unpaired) electrons. The molecule has 0 saturated carbocycles. The van der Waals surface area contributed by atoms with Crippen LogP contribution in [0.25, 0.3) is 0 Å². The van der Waals surface area contributed by atoms with Crippen molar-refractivity contribution >= 4 is 0 Å². The highest BCUT2D eigenvalue weighted by Gasteiger charge is 2.25. The number of hydrogen-bond donors (Lipinski definition) is 1. The Labute approximate surface area is 97.9 Å². The third-order valence-corrected chi connectivity index (χ3v) is 3.60. The smallest absolute Gasteiger partial charge is 0.0664 e. The van der Waals surface area contributed by atoms with Crippen LogP contribution in [0.1, 0.15) is 36.9 Å². The Hall–Kier alpha value is -0.860. The molecule has 2 rings (SSSR count). The van der Waals surface area contributed by atoms with E-state index in [0.29, 0.717) is 6.04 Å². The zero-order chi connectivity index (χ0) is 11.5. The highest BCUT2D eigenvalue weighted by Crippen LogP contribution is 2.34. The van der Waals surface area contributed by atoms with E-state index in [-0.39, 0.29) is 6.10 Å². The van der Waals surface area contributed by atoms with Crippen molar-refractivity contribution in [2.45, 2.75) is 38.3 Å². The Bertz CT molecular complexity index is 350. The minimum absolute atomic E-state index is 0.197. The number of fused-ring (bicyclic) bond motifs is 1. The van der Waals surface area contributed by atoms with Crippen molar-refractivity contribution in [3.63, 3.8) is 0 Å². The molecule has 16 heavy (non-hydrogen) atoms. The number of likely N-dealkylation sites (N-methyl/N-ethyl adjacent to an activating group) is 1. The predicted molar refractivity (Wildman–Crippen MR) is 66.4 cm³/mol. The molecule has 88 valence electrons. The number of aliphatic hydroxyl groups is 1. The summed E-state index contributed by atoms with van der Waals surface area (Å²) in [5.41, 5.74) is 2.93. The topological polar surface area (TPSA) is 23.5 Å². The zero-order valence-electron chi connectivity index (χ0n) is 10.2. The monoisotopic (exact) mass is 219 g/mol. The van der Waals surface area contributed by atoms with E-state index in [1.807, 2.05) is 6.92 Å². The van der Waals surface area contributed by atoms with Gasteiger partial charge in [0.1, 0.15) is 0 Å². The molecule has 0 spiro atoms. The van der Waals surface area contributed by atoms with Crippen LogP contribution in [-0.4, -0.2) is 29.7 Å². The quantitative estimate of drug-likeness (QED) is 0.840. The molecular formula is C14H21NO. The third-order valence-electron chi connectivity index (χ3n) is 3.60. The van der Waals surface area contributed by atoms with E-state index in [0.717, 1.165) is 13.0 Å². The highest BCUT2D eigenvalue weighted by atomic mass is 16.3. The molecule has 0 fully saturated rings. The first-order chi connectivity index (χ1) is 7.72. The lowest BCUT2D eigenvalue weighted by atomic mass is 10.1. The van der Waals surface area contributed by atoms with Crippen molar-refractivity contribution in [1.82, 2.24) is 4.90 Å². The third kappa shape index (κ3) is 2.28. The van der Waals surface area contributed by atoms with Crippen molar-refractivity contribution in [3.05, 3.63) is 35.4 Å². The number of nitrogens with zero attached hydrogens (tertiary/aromatic N) is 1. The summed E-state index contributed by atoms with van der Waals surface area (Å²) >= 11 is 0. The lowest BCUT2D eigenvalue weighted by Gasteiger charge is -2.27. The Morgan fingerprint density at radius 1 is 1.44 bits per heavy atom. The van der Waals surface area contributed by atoms with Gasteiger partial charge in [-0.3, -0.25) is 4.90 Å². The SMILES string of the molecule is CCC(O)CN(C)C1CCc2ccccc21. The van der Waals surface area contributed by atoms with Crippen LogP contribution in [-0.2, 0) is 6.42 Å². The molecule has 0 amide bonds. The molecule has 0 saturated heterocycles. The van der Waals surface area contributed by atoms with Crippen molar-refractivity contribution in [2.24, 2.45) is 0 Å². The first kappa shape index (κ1) is 11.6. The Balaban J connectivity index is 2.07. The van der Waals surface area contributed by atoms with Gasteiger partial charge in [-0.05, 0) is 37.4 Å². The predicted octanol–water partition coefficient (Wildman–Crippen LogP) is 2.38. The van der Waals surface area contributed by atoms with Crippen LogP contribution in [0, 0.1) is 0 Å². The van der Waals surface area contributed by atoms with E-state index in [4.69, 9.17) is 0 Å². The zero-order valence-corrected chi connectivity index (χ0v) is 10.2. The van der Waals surface area contributed by atoms with E-state index in [1.165, 1.54) is 24.0 Å². The van der Waals surface area contributed by atoms with Crippen LogP contribution in [0.2, 0.25) is 0 Å². The number of rotatable bonds is 4. The van der Waals surface area contributed by atoms with Crippen LogP contribution in [0.5, 0.6) is 0 Å². The van der Waals surface area contributed by atoms with Crippen molar-refractivity contribution < 1.29 is 5.11 Å². The maximum absolute atomic E-state index is 9.69. The highest BCUT2D eigenvalue weighted by molar-refractivity contribution is 5.34. The molecule has 1 N–H and O–H groups in total. The molecule has 1 aliphatic rings. The fourth-order valence-electron chi connectivity index (χ4n) is 2.58. The molecule has 0 aromatic heterocycles. The Kier molecular flexibility index (Phi) is 3.62. The van der Waals surface area contributed by atoms with E-state index in [9.17, 15) is 5.11 Å². The second-order valence-corrected chi connectivity index (χ2v) is 4.75. The summed E-state index contributed by atoms with van der Waals surface area (Å²) in [7, 11) is 2.12. The minimum atomic E-state index is -0.197. The molecule has 2 unspecified atom stereocenters. The number of benzene rings is 1. The molecule has 1 aliphatic carbocycles. The summed E-state index contributed by atoms with van der Waals surface area (Å²) in [6.45, 7) is 2.80. The molecule has 1 aromatic carbocycles. The van der Waals surface area contributed by atoms with Crippen LogP contribution in [0.4, 0.5) is 0 Å². The van der Waals surface area contributed by atoms with Crippen LogP contribution in [0.15, 0.2) is 24.3 Å². The molecule has 2 atom stereocenters. The Morgan fingerprint density at radius 2 is 2.19 bits per heavy atom. The van der Waals surface area contributed by atoms with Gasteiger partial charge in [0.05, 0.1) is 6.10 Å². The normalized spacial score (nSPS) is 21.1. The second-order valence-electron chi connectivity index (χ2n) is 4.75. The molecule has 0 bridgehead atoms. The molecule has 0 aliphatic heterocycles. The van der Waals surface area contributed by atoms with Gasteiger partial charge in [0.25, 0.3) is 0 Å². The van der Waals surface area contributed by atoms with Gasteiger partial charge in [-0.25, -0.2) is 0 Å². The molecular weight excluding hydrogens is 198 g/mol. The molecule has 0 heterocycles. The number of hydrogen-bond acceptors (Lipinski definition) is 2. The summed E-state index contributed by atoms with van der Waals surface area (Å²) in [5.74, 6) is 0. The summed E-state index contributed by atoms with van der Waals surface area (Å²) in [6.07, 6.45) is 3.00. The lowest BCUT2D eigenvalue weighted by molar-refractivity contribution is 0.101. The Morgan fingerprint density at radius 3 is 2.94 bits per heavy atom. The van der Waals surface area contributed by atoms with Crippen molar-refractivity contribution in [3.8, 4) is 0 Å². The molecule has 2 heteroatoms. The van der Waals surface area contributed by atoms with Crippen LogP contribution in [0.3, 0.4) is 0 Å². The van der Waals surface area contributed by atoms with Gasteiger partial charge in [-0.1, -0.05) is 31.2 Å². The van der Waals surface area contributed by atoms with Crippen LogP contribution < -0.4 is 0 Å². The summed E-state index contributed by atoms with van der Waals surface area (Å²) in [6, 6.07) is 9.17. The van der Waals surface area contributed by atoms with Gasteiger partial charge >= 0.3 is 0 Å². The minimum Gasteiger partial charge on any atom is -0.392 e. The average molecular weight is 219 g/mol. The van der Waals surface area contributed by atoms with E-state index < -0.39 is 0 Å². The largest absolute Gasteiger partial charge is 0.392 e. The fourth-order valence-corrected chi connectivity index (χ4v) is 2.58. The van der Waals surface area contributed by atoms with E-state index >= 15 is 0 Å². The first-order valence-corrected chi connectivity index (χ1v) is 6.18. The fraction of sp³-hybridized carbons (Fsp3) is 0.571. The van der Waals surface area contributed by atoms with Gasteiger partial charge in [-0.15, -0.1) is 0 Å². The summed E-state index contributed by atoms with van der Waals surface area (Å²) in [4.78, 5) is 2.29. The van der Waals surface area contributed by atoms with E-state index in [1.54, 1.807) is 0 Å². The summed E-state index contributed by atoms with van der Waals surface area (Å²) in [5, 5.41) is 9.69. The number of aliphatic hydroxyl groups excluding tert-OH is 1. The lowest BCUT2D eigenvalue weighted by Crippen LogP contribution is -2.31. The molecule has 2 nitrogen and oxygen atoms in total. The second kappa shape index (κ2) is 4.98. The van der Waals surface area contributed by atoms with Gasteiger partial charge in [0.15, 0.2) is 0 Å². The van der Waals surface area contributed by atoms with E-state index in [2.05, 4.69) is 36.2 Å². The van der Waals surface area contributed by atoms with Crippen LogP contribution >= 0.6 is 0 Å². The standard InChI is InChI=1S/C14H21NO/c1-3-12(16)10-15(2)14-9-8-11-6-4-5-7-13(11)14/h4-7,12,14,16H,3,8-10H2,1-2H3. The maximum atomic E-state index is 9.69. The molecule has 1 aromatic rings. The maximum Gasteiger partial charge on any atom is 0.0664 e. The van der Waals surface area contributed by atoms with Gasteiger partial charge < -0.3 is 5.11 Å². The van der Waals surface area contributed by atoms with Crippen molar-refractivity contribution in [2.75, 3.05) is 13.6 Å². The summed E-state index contributed by atoms with van der Waals surface area (Å²) < 4.78 is 0. The van der Waals surface area contributed by atoms with Gasteiger partial charge in [-0.2, -0.15) is 0 Å². The van der Waals surface area contributed by atoms with Crippen molar-refractivity contribution in [1.29, 1.82) is 0 Å². The first-order valence-electron chi connectivity index (χ1n) is 6.18. The average Bonchev–Trinajstić information content (AvgIpc) is 2.72. The van der Waals surface area contributed by atoms with Gasteiger partial charge in [0, 0.05) is 12.6 Å². The number of aryl methyl sites for hydroxylation is 1. The van der Waals surface area contributed by atoms with Gasteiger partial charge in [0.2, 0.25) is 0 Å².